The lowest BCUT2D eigenvalue weighted by Gasteiger charge is -2.08. The summed E-state index contributed by atoms with van der Waals surface area (Å²) in [4.78, 5) is 12.8. The van der Waals surface area contributed by atoms with Crippen molar-refractivity contribution in [3.8, 4) is 17.1 Å². The highest BCUT2D eigenvalue weighted by Crippen LogP contribution is 2.26. The van der Waals surface area contributed by atoms with Crippen molar-refractivity contribution in [2.24, 2.45) is 0 Å². The number of nitrogens with zero attached hydrogens (tertiary/aromatic N) is 4. The van der Waals surface area contributed by atoms with Crippen LogP contribution in [0, 0.1) is 6.92 Å². The Morgan fingerprint density at radius 2 is 2.00 bits per heavy atom. The second kappa shape index (κ2) is 7.05. The molecule has 2 aromatic heterocycles. The van der Waals surface area contributed by atoms with Crippen LogP contribution in [0.15, 0.2) is 34.9 Å². The van der Waals surface area contributed by atoms with Crippen LogP contribution in [-0.2, 0) is 13.0 Å². The highest BCUT2D eigenvalue weighted by atomic mass is 16.5. The molecule has 0 atom stereocenters. The van der Waals surface area contributed by atoms with Gasteiger partial charge in [0.25, 0.3) is 5.89 Å². The molecular formula is C16H17N5O3. The fourth-order valence-corrected chi connectivity index (χ4v) is 2.20. The minimum atomic E-state index is -0.268. The number of hydrogen-bond donors (Lipinski definition) is 3. The van der Waals surface area contributed by atoms with E-state index >= 15 is 0 Å². The van der Waals surface area contributed by atoms with Gasteiger partial charge in [-0.05, 0) is 19.1 Å². The quantitative estimate of drug-likeness (QED) is 0.626. The molecule has 0 radical (unpaired) electrons. The van der Waals surface area contributed by atoms with Gasteiger partial charge in [0.2, 0.25) is 0 Å². The van der Waals surface area contributed by atoms with E-state index in [0.717, 1.165) is 5.69 Å². The summed E-state index contributed by atoms with van der Waals surface area (Å²) < 4.78 is 4.83. The number of benzene rings is 1. The summed E-state index contributed by atoms with van der Waals surface area (Å²) in [5.41, 5.74) is 1.36. The predicted octanol–water partition coefficient (Wildman–Crippen LogP) is 1.69. The maximum absolute atomic E-state index is 9.95. The smallest absolute Gasteiger partial charge is 0.252 e. The Morgan fingerprint density at radius 1 is 1.17 bits per heavy atom. The van der Waals surface area contributed by atoms with Crippen LogP contribution in [0.2, 0.25) is 0 Å². The van der Waals surface area contributed by atoms with E-state index in [1.165, 1.54) is 0 Å². The third-order valence-corrected chi connectivity index (χ3v) is 3.30. The molecule has 24 heavy (non-hydrogen) atoms. The van der Waals surface area contributed by atoms with Gasteiger partial charge in [-0.2, -0.15) is 4.98 Å². The van der Waals surface area contributed by atoms with E-state index < -0.39 is 0 Å². The molecule has 2 heterocycles. The zero-order chi connectivity index (χ0) is 16.9. The molecule has 124 valence electrons. The number of aromatic nitrogens is 4. The monoisotopic (exact) mass is 327 g/mol. The minimum Gasteiger partial charge on any atom is -0.507 e. The predicted molar refractivity (Wildman–Crippen MR) is 86.3 cm³/mol. The lowest BCUT2D eigenvalue weighted by Crippen LogP contribution is -2.08. The summed E-state index contributed by atoms with van der Waals surface area (Å²) in [5.74, 6) is 1.95. The van der Waals surface area contributed by atoms with Crippen LogP contribution in [0.3, 0.4) is 0 Å². The van der Waals surface area contributed by atoms with Gasteiger partial charge in [-0.3, -0.25) is 0 Å². The number of rotatable bonds is 6. The number of para-hydroxylation sites is 1. The molecule has 0 saturated heterocycles. The number of aliphatic hydroxyl groups excluding tert-OH is 1. The average Bonchev–Trinajstić information content (AvgIpc) is 3.03. The normalized spacial score (nSPS) is 10.8. The summed E-state index contributed by atoms with van der Waals surface area (Å²) in [5, 5.41) is 25.8. The molecule has 0 aliphatic heterocycles. The van der Waals surface area contributed by atoms with E-state index in [4.69, 9.17) is 9.63 Å². The summed E-state index contributed by atoms with van der Waals surface area (Å²) in [6.45, 7) is 2.14. The number of aliphatic hydroxyl groups is 1. The van der Waals surface area contributed by atoms with Crippen LogP contribution in [0.1, 0.15) is 17.4 Å². The van der Waals surface area contributed by atoms with E-state index in [9.17, 15) is 5.11 Å². The molecule has 0 spiro atoms. The number of phenolic OH excluding ortho intramolecular Hbond substituents is 1. The number of aromatic hydroxyl groups is 1. The summed E-state index contributed by atoms with van der Waals surface area (Å²) in [7, 11) is 0. The van der Waals surface area contributed by atoms with E-state index in [0.29, 0.717) is 36.0 Å². The molecule has 3 N–H and O–H groups in total. The SMILES string of the molecule is Cc1cc(NCCc2noc(CO)n2)nc(-c2ccccc2O)n1. The van der Waals surface area contributed by atoms with Gasteiger partial charge >= 0.3 is 0 Å². The van der Waals surface area contributed by atoms with Crippen molar-refractivity contribution in [3.63, 3.8) is 0 Å². The molecule has 0 unspecified atom stereocenters. The molecule has 0 saturated carbocycles. The van der Waals surface area contributed by atoms with Crippen LogP contribution in [0.4, 0.5) is 5.82 Å². The van der Waals surface area contributed by atoms with E-state index in [1.54, 1.807) is 18.2 Å². The fraction of sp³-hybridized carbons (Fsp3) is 0.250. The Hall–Kier alpha value is -3.00. The van der Waals surface area contributed by atoms with Crippen molar-refractivity contribution >= 4 is 5.82 Å². The molecule has 0 amide bonds. The average molecular weight is 327 g/mol. The zero-order valence-electron chi connectivity index (χ0n) is 13.1. The lowest BCUT2D eigenvalue weighted by atomic mass is 10.2. The Labute approximate surface area is 138 Å². The minimum absolute atomic E-state index is 0.136. The molecule has 3 aromatic rings. The Morgan fingerprint density at radius 3 is 2.75 bits per heavy atom. The van der Waals surface area contributed by atoms with E-state index in [1.807, 2.05) is 19.1 Å². The topological polar surface area (TPSA) is 117 Å². The van der Waals surface area contributed by atoms with Gasteiger partial charge < -0.3 is 20.1 Å². The van der Waals surface area contributed by atoms with Gasteiger partial charge in [0.1, 0.15) is 18.2 Å². The molecule has 8 heteroatoms. The van der Waals surface area contributed by atoms with Gasteiger partial charge in [-0.25, -0.2) is 9.97 Å². The number of anilines is 1. The third-order valence-electron chi connectivity index (χ3n) is 3.30. The first-order valence-electron chi connectivity index (χ1n) is 7.46. The summed E-state index contributed by atoms with van der Waals surface area (Å²) in [6.07, 6.45) is 0.526. The Bertz CT molecular complexity index is 834. The summed E-state index contributed by atoms with van der Waals surface area (Å²) >= 11 is 0. The molecule has 3 rings (SSSR count). The van der Waals surface area contributed by atoms with Gasteiger partial charge in [-0.15, -0.1) is 0 Å². The Balaban J connectivity index is 1.71. The standard InChI is InChI=1S/C16H17N5O3/c1-10-8-14(17-7-6-13-19-15(9-22)24-21-13)20-16(18-10)11-4-2-3-5-12(11)23/h2-5,8,22-23H,6-7,9H2,1H3,(H,17,18,20). The molecule has 1 aromatic carbocycles. The zero-order valence-corrected chi connectivity index (χ0v) is 13.1. The van der Waals surface area contributed by atoms with Crippen molar-refractivity contribution in [2.45, 2.75) is 20.0 Å². The van der Waals surface area contributed by atoms with Crippen molar-refractivity contribution in [3.05, 3.63) is 47.7 Å². The first-order chi connectivity index (χ1) is 11.7. The van der Waals surface area contributed by atoms with Crippen LogP contribution in [0.25, 0.3) is 11.4 Å². The molecule has 8 nitrogen and oxygen atoms in total. The van der Waals surface area contributed by atoms with Crippen LogP contribution >= 0.6 is 0 Å². The second-order valence-corrected chi connectivity index (χ2v) is 5.17. The van der Waals surface area contributed by atoms with E-state index in [-0.39, 0.29) is 18.2 Å². The first-order valence-corrected chi connectivity index (χ1v) is 7.46. The maximum atomic E-state index is 9.95. The van der Waals surface area contributed by atoms with Crippen LogP contribution in [0.5, 0.6) is 5.75 Å². The van der Waals surface area contributed by atoms with Crippen molar-refractivity contribution in [2.75, 3.05) is 11.9 Å². The van der Waals surface area contributed by atoms with Crippen molar-refractivity contribution in [1.82, 2.24) is 20.1 Å². The number of nitrogens with one attached hydrogen (secondary N) is 1. The van der Waals surface area contributed by atoms with Crippen LogP contribution in [-0.4, -0.2) is 36.9 Å². The fourth-order valence-electron chi connectivity index (χ4n) is 2.20. The van der Waals surface area contributed by atoms with Gasteiger partial charge in [0, 0.05) is 24.7 Å². The highest BCUT2D eigenvalue weighted by molar-refractivity contribution is 5.64. The molecular weight excluding hydrogens is 310 g/mol. The number of phenols is 1. The summed E-state index contributed by atoms with van der Waals surface area (Å²) in [6, 6.07) is 8.76. The lowest BCUT2D eigenvalue weighted by molar-refractivity contribution is 0.222. The second-order valence-electron chi connectivity index (χ2n) is 5.17. The molecule has 0 aliphatic carbocycles. The number of hydrogen-bond acceptors (Lipinski definition) is 8. The molecule has 0 bridgehead atoms. The number of aryl methyl sites for hydroxylation is 1. The third kappa shape index (κ3) is 3.66. The molecule has 0 fully saturated rings. The Kier molecular flexibility index (Phi) is 4.66. The van der Waals surface area contributed by atoms with Gasteiger partial charge in [-0.1, -0.05) is 17.3 Å². The van der Waals surface area contributed by atoms with E-state index in [2.05, 4.69) is 25.4 Å². The van der Waals surface area contributed by atoms with Gasteiger partial charge in [0.15, 0.2) is 11.6 Å². The first kappa shape index (κ1) is 15.9. The molecule has 0 aliphatic rings. The highest BCUT2D eigenvalue weighted by Gasteiger charge is 2.09. The van der Waals surface area contributed by atoms with Crippen molar-refractivity contribution < 1.29 is 14.7 Å². The van der Waals surface area contributed by atoms with Crippen LogP contribution < -0.4 is 5.32 Å². The largest absolute Gasteiger partial charge is 0.507 e. The van der Waals surface area contributed by atoms with Gasteiger partial charge in [0.05, 0.1) is 5.56 Å². The maximum Gasteiger partial charge on any atom is 0.252 e. The van der Waals surface area contributed by atoms with Crippen molar-refractivity contribution in [1.29, 1.82) is 0 Å².